The van der Waals surface area contributed by atoms with E-state index in [0.717, 1.165) is 48.1 Å². The number of carbonyl (C=O) groups excluding carboxylic acids is 2. The van der Waals surface area contributed by atoms with Crippen LogP contribution in [0.3, 0.4) is 0 Å². The van der Waals surface area contributed by atoms with E-state index in [0.29, 0.717) is 25.1 Å². The van der Waals surface area contributed by atoms with Crippen molar-refractivity contribution in [2.24, 2.45) is 0 Å². The van der Waals surface area contributed by atoms with Crippen LogP contribution in [0.4, 0.5) is 5.69 Å². The van der Waals surface area contributed by atoms with Crippen molar-refractivity contribution < 1.29 is 14.3 Å². The van der Waals surface area contributed by atoms with Crippen molar-refractivity contribution in [1.82, 2.24) is 4.90 Å². The Hall–Kier alpha value is -2.82. The number of benzene rings is 2. The number of nitrogens with zero attached hydrogens (tertiary/aromatic N) is 1. The molecule has 0 unspecified atom stereocenters. The van der Waals surface area contributed by atoms with Crippen molar-refractivity contribution in [1.29, 1.82) is 0 Å². The van der Waals surface area contributed by atoms with E-state index in [4.69, 9.17) is 4.74 Å². The van der Waals surface area contributed by atoms with E-state index in [2.05, 4.69) is 18.3 Å². The highest BCUT2D eigenvalue weighted by molar-refractivity contribution is 6.06. The third-order valence-electron chi connectivity index (χ3n) is 6.73. The number of nitrogens with one attached hydrogen (secondary N) is 1. The molecule has 0 aromatic heterocycles. The molecule has 1 aliphatic heterocycles. The van der Waals surface area contributed by atoms with Crippen LogP contribution in [0.15, 0.2) is 36.4 Å². The topological polar surface area (TPSA) is 58.6 Å². The van der Waals surface area contributed by atoms with Crippen molar-refractivity contribution in [3.05, 3.63) is 58.7 Å². The van der Waals surface area contributed by atoms with Crippen molar-refractivity contribution in [3.63, 3.8) is 0 Å². The fraction of sp³-hybridized carbons (Fsp3) is 0.440. The monoisotopic (exact) mass is 406 g/mol. The standard InChI is InChI=1S/C25H30N2O3/c1-4-18-9-8-10-20-21(18)16-27(23(20)28)25(13-6-5-7-14-25)24(29)26-19-12-11-17(2)22(15-19)30-3/h8-12,15H,4-7,13-14,16H2,1-3H3,(H,26,29). The van der Waals surface area contributed by atoms with Gasteiger partial charge in [0.2, 0.25) is 5.91 Å². The highest BCUT2D eigenvalue weighted by atomic mass is 16.5. The number of hydrogen-bond acceptors (Lipinski definition) is 3. The Bertz CT molecular complexity index is 976. The maximum absolute atomic E-state index is 13.7. The lowest BCUT2D eigenvalue weighted by molar-refractivity contribution is -0.129. The van der Waals surface area contributed by atoms with E-state index < -0.39 is 5.54 Å². The molecule has 0 atom stereocenters. The molecule has 158 valence electrons. The van der Waals surface area contributed by atoms with Crippen LogP contribution in [-0.2, 0) is 17.8 Å². The van der Waals surface area contributed by atoms with Crippen molar-refractivity contribution in [2.45, 2.75) is 64.5 Å². The Morgan fingerprint density at radius 2 is 1.93 bits per heavy atom. The molecule has 1 fully saturated rings. The third-order valence-corrected chi connectivity index (χ3v) is 6.73. The van der Waals surface area contributed by atoms with Crippen molar-refractivity contribution in [3.8, 4) is 5.75 Å². The summed E-state index contributed by atoms with van der Waals surface area (Å²) in [5, 5.41) is 3.09. The molecule has 5 heteroatoms. The number of ether oxygens (including phenoxy) is 1. The molecule has 30 heavy (non-hydrogen) atoms. The Balaban J connectivity index is 1.67. The third kappa shape index (κ3) is 3.36. The van der Waals surface area contributed by atoms with Gasteiger partial charge in [0.05, 0.1) is 7.11 Å². The van der Waals surface area contributed by atoms with Gasteiger partial charge in [-0.15, -0.1) is 0 Å². The summed E-state index contributed by atoms with van der Waals surface area (Å²) in [5.74, 6) is 0.633. The van der Waals surface area contributed by atoms with Gasteiger partial charge in [0.25, 0.3) is 5.91 Å². The van der Waals surface area contributed by atoms with Gasteiger partial charge in [-0.25, -0.2) is 0 Å². The molecule has 0 saturated heterocycles. The normalized spacial score (nSPS) is 17.6. The molecule has 1 aliphatic carbocycles. The molecular weight excluding hydrogens is 376 g/mol. The van der Waals surface area contributed by atoms with Crippen LogP contribution in [0, 0.1) is 6.92 Å². The lowest BCUT2D eigenvalue weighted by Crippen LogP contribution is -2.58. The fourth-order valence-electron chi connectivity index (χ4n) is 4.98. The number of fused-ring (bicyclic) bond motifs is 1. The van der Waals surface area contributed by atoms with Gasteiger partial charge in [0, 0.05) is 23.9 Å². The van der Waals surface area contributed by atoms with Crippen LogP contribution >= 0.6 is 0 Å². The van der Waals surface area contributed by atoms with Gasteiger partial charge < -0.3 is 15.0 Å². The van der Waals surface area contributed by atoms with Gasteiger partial charge >= 0.3 is 0 Å². The summed E-state index contributed by atoms with van der Waals surface area (Å²) in [6.45, 7) is 4.60. The molecule has 2 aromatic rings. The van der Waals surface area contributed by atoms with Crippen molar-refractivity contribution >= 4 is 17.5 Å². The minimum Gasteiger partial charge on any atom is -0.496 e. The first-order chi connectivity index (χ1) is 14.5. The van der Waals surface area contributed by atoms with Gasteiger partial charge in [-0.1, -0.05) is 44.4 Å². The van der Waals surface area contributed by atoms with E-state index in [1.807, 2.05) is 42.2 Å². The molecule has 1 saturated carbocycles. The summed E-state index contributed by atoms with van der Waals surface area (Å²) in [4.78, 5) is 28.9. The molecule has 2 aromatic carbocycles. The smallest absolute Gasteiger partial charge is 0.255 e. The molecule has 4 rings (SSSR count). The zero-order valence-electron chi connectivity index (χ0n) is 18.1. The zero-order valence-corrected chi connectivity index (χ0v) is 18.1. The Morgan fingerprint density at radius 1 is 1.17 bits per heavy atom. The predicted molar refractivity (Wildman–Crippen MR) is 118 cm³/mol. The largest absolute Gasteiger partial charge is 0.496 e. The molecule has 2 amide bonds. The first-order valence-corrected chi connectivity index (χ1v) is 10.9. The van der Waals surface area contributed by atoms with Crippen LogP contribution in [0.25, 0.3) is 0 Å². The summed E-state index contributed by atoms with van der Waals surface area (Å²) in [7, 11) is 1.63. The Morgan fingerprint density at radius 3 is 2.63 bits per heavy atom. The highest BCUT2D eigenvalue weighted by Gasteiger charge is 2.50. The number of aryl methyl sites for hydroxylation is 2. The summed E-state index contributed by atoms with van der Waals surface area (Å²) in [6.07, 6.45) is 5.28. The quantitative estimate of drug-likeness (QED) is 0.771. The summed E-state index contributed by atoms with van der Waals surface area (Å²) >= 11 is 0. The molecule has 2 aliphatic rings. The lowest BCUT2D eigenvalue weighted by atomic mass is 9.79. The Labute approximate surface area is 178 Å². The molecule has 0 spiro atoms. The second kappa shape index (κ2) is 8.13. The SMILES string of the molecule is CCc1cccc2c1CN(C1(C(=O)Nc3ccc(C)c(OC)c3)CCCCC1)C2=O. The molecule has 0 radical (unpaired) electrons. The highest BCUT2D eigenvalue weighted by Crippen LogP contribution is 2.41. The fourth-order valence-corrected chi connectivity index (χ4v) is 4.98. The second-order valence-electron chi connectivity index (χ2n) is 8.42. The average molecular weight is 407 g/mol. The first kappa shape index (κ1) is 20.5. The van der Waals surface area contributed by atoms with Gasteiger partial charge in [-0.2, -0.15) is 0 Å². The molecular formula is C25H30N2O3. The number of rotatable bonds is 5. The van der Waals surface area contributed by atoms with Gasteiger partial charge in [-0.3, -0.25) is 9.59 Å². The van der Waals surface area contributed by atoms with E-state index in [9.17, 15) is 9.59 Å². The average Bonchev–Trinajstić information content (AvgIpc) is 3.12. The number of methoxy groups -OCH3 is 1. The van der Waals surface area contributed by atoms with E-state index in [-0.39, 0.29) is 11.8 Å². The Kier molecular flexibility index (Phi) is 5.54. The summed E-state index contributed by atoms with van der Waals surface area (Å²) < 4.78 is 5.41. The second-order valence-corrected chi connectivity index (χ2v) is 8.42. The van der Waals surface area contributed by atoms with Crippen LogP contribution in [0.2, 0.25) is 0 Å². The summed E-state index contributed by atoms with van der Waals surface area (Å²) in [6, 6.07) is 11.6. The van der Waals surface area contributed by atoms with Gasteiger partial charge in [0.1, 0.15) is 11.3 Å². The van der Waals surface area contributed by atoms with Crippen LogP contribution in [0.5, 0.6) is 5.75 Å². The minimum atomic E-state index is -0.808. The van der Waals surface area contributed by atoms with Crippen LogP contribution in [-0.4, -0.2) is 29.4 Å². The van der Waals surface area contributed by atoms with E-state index >= 15 is 0 Å². The minimum absolute atomic E-state index is 0.0150. The molecule has 5 nitrogen and oxygen atoms in total. The van der Waals surface area contributed by atoms with Crippen molar-refractivity contribution in [2.75, 3.05) is 12.4 Å². The maximum atomic E-state index is 13.7. The summed E-state index contributed by atoms with van der Waals surface area (Å²) in [5.41, 5.74) is 3.94. The predicted octanol–water partition coefficient (Wildman–Crippen LogP) is 4.86. The zero-order chi connectivity index (χ0) is 21.3. The molecule has 0 bridgehead atoms. The van der Waals surface area contributed by atoms with E-state index in [1.165, 1.54) is 5.56 Å². The first-order valence-electron chi connectivity index (χ1n) is 10.9. The maximum Gasteiger partial charge on any atom is 0.255 e. The molecule has 1 heterocycles. The number of carbonyl (C=O) groups is 2. The number of amides is 2. The van der Waals surface area contributed by atoms with Gasteiger partial charge in [0.15, 0.2) is 0 Å². The lowest BCUT2D eigenvalue weighted by Gasteiger charge is -2.43. The molecule has 1 N–H and O–H groups in total. The number of anilines is 1. The van der Waals surface area contributed by atoms with Crippen LogP contribution in [0.1, 0.15) is 66.1 Å². The van der Waals surface area contributed by atoms with Crippen LogP contribution < -0.4 is 10.1 Å². The number of hydrogen-bond donors (Lipinski definition) is 1. The van der Waals surface area contributed by atoms with Gasteiger partial charge in [-0.05, 0) is 55.0 Å². The van der Waals surface area contributed by atoms with E-state index in [1.54, 1.807) is 7.11 Å².